The Morgan fingerprint density at radius 3 is 2.83 bits per heavy atom. The molecule has 3 heteroatoms. The van der Waals surface area contributed by atoms with Crippen LogP contribution in [-0.2, 0) is 7.05 Å². The van der Waals surface area contributed by atoms with Crippen LogP contribution in [0.4, 0.5) is 0 Å². The molecule has 3 nitrogen and oxygen atoms in total. The maximum atomic E-state index is 4.66. The van der Waals surface area contributed by atoms with Crippen LogP contribution in [0.5, 0.6) is 0 Å². The highest BCUT2D eigenvalue weighted by Crippen LogP contribution is 2.26. The largest absolute Gasteiger partial charge is 0.312 e. The fourth-order valence-corrected chi connectivity index (χ4v) is 2.31. The number of nitrogens with one attached hydrogen (secondary N) is 1. The molecule has 0 amide bonds. The number of nitrogens with zero attached hydrogens (tertiary/aromatic N) is 2. The van der Waals surface area contributed by atoms with Gasteiger partial charge in [0.15, 0.2) is 0 Å². The summed E-state index contributed by atoms with van der Waals surface area (Å²) in [6, 6.07) is 8.66. The van der Waals surface area contributed by atoms with Gasteiger partial charge in [0.2, 0.25) is 0 Å². The van der Waals surface area contributed by atoms with Gasteiger partial charge in [-0.15, -0.1) is 6.58 Å². The number of allylic oxidation sites excluding steroid dienone is 1. The van der Waals surface area contributed by atoms with Crippen molar-refractivity contribution in [2.24, 2.45) is 7.05 Å². The van der Waals surface area contributed by atoms with Crippen molar-refractivity contribution in [3.05, 3.63) is 42.1 Å². The summed E-state index contributed by atoms with van der Waals surface area (Å²) in [5.41, 5.74) is 3.54. The summed E-state index contributed by atoms with van der Waals surface area (Å²) in [5.74, 6) is 0. The van der Waals surface area contributed by atoms with Gasteiger partial charge in [0.05, 0.1) is 17.3 Å². The first-order chi connectivity index (χ1) is 8.63. The highest BCUT2D eigenvalue weighted by atomic mass is 15.3. The standard InChI is InChI=1S/C15H21N3/c1-11(2)9-10-13(16-3)15-12-7-5-6-8-14(12)18(4)17-15/h5-8,13,16H,1,9-10H2,2-4H3. The highest BCUT2D eigenvalue weighted by molar-refractivity contribution is 5.82. The quantitative estimate of drug-likeness (QED) is 0.817. The van der Waals surface area contributed by atoms with Gasteiger partial charge >= 0.3 is 0 Å². The second-order valence-corrected chi connectivity index (χ2v) is 4.86. The summed E-state index contributed by atoms with van der Waals surface area (Å²) in [4.78, 5) is 0. The van der Waals surface area contributed by atoms with Gasteiger partial charge in [-0.3, -0.25) is 4.68 Å². The summed E-state index contributed by atoms with van der Waals surface area (Å²) in [6.07, 6.45) is 2.06. The van der Waals surface area contributed by atoms with E-state index in [9.17, 15) is 0 Å². The molecular formula is C15H21N3. The highest BCUT2D eigenvalue weighted by Gasteiger charge is 2.16. The maximum absolute atomic E-state index is 4.66. The number of fused-ring (bicyclic) bond motifs is 1. The lowest BCUT2D eigenvalue weighted by Crippen LogP contribution is -2.17. The van der Waals surface area contributed by atoms with E-state index in [0.29, 0.717) is 0 Å². The zero-order valence-corrected chi connectivity index (χ0v) is 11.4. The molecule has 1 unspecified atom stereocenters. The zero-order chi connectivity index (χ0) is 13.1. The number of para-hydroxylation sites is 1. The number of benzene rings is 1. The lowest BCUT2D eigenvalue weighted by atomic mass is 10.0. The van der Waals surface area contributed by atoms with Gasteiger partial charge in [0.25, 0.3) is 0 Å². The fourth-order valence-electron chi connectivity index (χ4n) is 2.31. The number of rotatable bonds is 5. The summed E-state index contributed by atoms with van der Waals surface area (Å²) >= 11 is 0. The van der Waals surface area contributed by atoms with Gasteiger partial charge in [0, 0.05) is 12.4 Å². The first-order valence-electron chi connectivity index (χ1n) is 6.36. The smallest absolute Gasteiger partial charge is 0.0872 e. The Labute approximate surface area is 109 Å². The topological polar surface area (TPSA) is 29.9 Å². The Hall–Kier alpha value is -1.61. The minimum atomic E-state index is 0.285. The van der Waals surface area contributed by atoms with Crippen LogP contribution < -0.4 is 5.32 Å². The SMILES string of the molecule is C=C(C)CCC(NC)c1nn(C)c2ccccc12. The third-order valence-corrected chi connectivity index (χ3v) is 3.32. The second-order valence-electron chi connectivity index (χ2n) is 4.86. The average molecular weight is 243 g/mol. The van der Waals surface area contributed by atoms with Gasteiger partial charge in [-0.05, 0) is 32.9 Å². The van der Waals surface area contributed by atoms with Crippen molar-refractivity contribution in [2.45, 2.75) is 25.8 Å². The minimum Gasteiger partial charge on any atom is -0.312 e. The van der Waals surface area contributed by atoms with Crippen LogP contribution in [0.1, 0.15) is 31.5 Å². The molecule has 0 fully saturated rings. The van der Waals surface area contributed by atoms with E-state index in [1.807, 2.05) is 18.8 Å². The van der Waals surface area contributed by atoms with Crippen molar-refractivity contribution >= 4 is 10.9 Å². The van der Waals surface area contributed by atoms with Crippen LogP contribution in [0.2, 0.25) is 0 Å². The van der Waals surface area contributed by atoms with Crippen LogP contribution in [0.25, 0.3) is 10.9 Å². The molecule has 0 aliphatic rings. The number of aromatic nitrogens is 2. The first-order valence-corrected chi connectivity index (χ1v) is 6.36. The monoisotopic (exact) mass is 243 g/mol. The van der Waals surface area contributed by atoms with E-state index in [1.54, 1.807) is 0 Å². The summed E-state index contributed by atoms with van der Waals surface area (Å²) in [6.45, 7) is 6.04. The molecule has 0 aliphatic heterocycles. The maximum Gasteiger partial charge on any atom is 0.0872 e. The van der Waals surface area contributed by atoms with Crippen LogP contribution in [0.3, 0.4) is 0 Å². The van der Waals surface area contributed by atoms with Crippen LogP contribution >= 0.6 is 0 Å². The van der Waals surface area contributed by atoms with E-state index in [1.165, 1.54) is 16.5 Å². The first kappa shape index (κ1) is 12.8. The molecule has 96 valence electrons. The van der Waals surface area contributed by atoms with E-state index < -0.39 is 0 Å². The molecule has 2 rings (SSSR count). The molecule has 2 aromatic rings. The summed E-state index contributed by atoms with van der Waals surface area (Å²) in [5, 5.41) is 9.26. The predicted octanol–water partition coefficient (Wildman–Crippen LogP) is 3.19. The lowest BCUT2D eigenvalue weighted by Gasteiger charge is -2.14. The Kier molecular flexibility index (Phi) is 3.82. The lowest BCUT2D eigenvalue weighted by molar-refractivity contribution is 0.529. The van der Waals surface area contributed by atoms with Crippen molar-refractivity contribution in [3.8, 4) is 0 Å². The van der Waals surface area contributed by atoms with Crippen molar-refractivity contribution < 1.29 is 0 Å². The van der Waals surface area contributed by atoms with Crippen molar-refractivity contribution in [1.29, 1.82) is 0 Å². The Morgan fingerprint density at radius 2 is 2.17 bits per heavy atom. The van der Waals surface area contributed by atoms with Crippen LogP contribution in [0, 0.1) is 0 Å². The van der Waals surface area contributed by atoms with E-state index in [-0.39, 0.29) is 6.04 Å². The van der Waals surface area contributed by atoms with Gasteiger partial charge in [-0.25, -0.2) is 0 Å². The molecule has 1 heterocycles. The number of aryl methyl sites for hydroxylation is 1. The zero-order valence-electron chi connectivity index (χ0n) is 11.4. The third-order valence-electron chi connectivity index (χ3n) is 3.32. The van der Waals surface area contributed by atoms with Gasteiger partial charge in [-0.2, -0.15) is 5.10 Å². The molecule has 0 saturated carbocycles. The second kappa shape index (κ2) is 5.36. The van der Waals surface area contributed by atoms with Gasteiger partial charge in [0.1, 0.15) is 0 Å². The molecule has 0 saturated heterocycles. The molecule has 0 bridgehead atoms. The molecule has 0 spiro atoms. The molecule has 1 atom stereocenters. The van der Waals surface area contributed by atoms with Gasteiger partial charge < -0.3 is 5.32 Å². The summed E-state index contributed by atoms with van der Waals surface area (Å²) < 4.78 is 1.95. The number of hydrogen-bond donors (Lipinski definition) is 1. The Bertz CT molecular complexity index is 554. The van der Waals surface area contributed by atoms with Crippen molar-refractivity contribution in [2.75, 3.05) is 7.05 Å². The van der Waals surface area contributed by atoms with Crippen molar-refractivity contribution in [1.82, 2.24) is 15.1 Å². The van der Waals surface area contributed by atoms with E-state index in [2.05, 4.69) is 48.2 Å². The molecule has 0 radical (unpaired) electrons. The van der Waals surface area contributed by atoms with Crippen LogP contribution in [-0.4, -0.2) is 16.8 Å². The van der Waals surface area contributed by atoms with Crippen LogP contribution in [0.15, 0.2) is 36.4 Å². The molecule has 1 N–H and O–H groups in total. The average Bonchev–Trinajstić information content (AvgIpc) is 2.68. The Morgan fingerprint density at radius 1 is 1.44 bits per heavy atom. The minimum absolute atomic E-state index is 0.285. The van der Waals surface area contributed by atoms with E-state index in [0.717, 1.165) is 18.5 Å². The molecule has 0 aliphatic carbocycles. The van der Waals surface area contributed by atoms with Crippen molar-refractivity contribution in [3.63, 3.8) is 0 Å². The third kappa shape index (κ3) is 2.46. The molecule has 1 aromatic heterocycles. The predicted molar refractivity (Wildman–Crippen MR) is 76.6 cm³/mol. The molecule has 18 heavy (non-hydrogen) atoms. The van der Waals surface area contributed by atoms with E-state index in [4.69, 9.17) is 0 Å². The normalized spacial score (nSPS) is 12.8. The number of hydrogen-bond acceptors (Lipinski definition) is 2. The molecule has 1 aromatic carbocycles. The Balaban J connectivity index is 2.36. The van der Waals surface area contributed by atoms with E-state index >= 15 is 0 Å². The fraction of sp³-hybridized carbons (Fsp3) is 0.400. The summed E-state index contributed by atoms with van der Waals surface area (Å²) in [7, 11) is 3.99. The molecular weight excluding hydrogens is 222 g/mol. The van der Waals surface area contributed by atoms with Gasteiger partial charge in [-0.1, -0.05) is 23.8 Å².